The lowest BCUT2D eigenvalue weighted by Gasteiger charge is -2.21. The van der Waals surface area contributed by atoms with Crippen LogP contribution in [0.25, 0.3) is 0 Å². The zero-order valence-electron chi connectivity index (χ0n) is 5.66. The third-order valence-electron chi connectivity index (χ3n) is 1.07. The van der Waals surface area contributed by atoms with Crippen LogP contribution in [-0.4, -0.2) is 21.6 Å². The summed E-state index contributed by atoms with van der Waals surface area (Å²) in [6.07, 6.45) is -6.37. The van der Waals surface area contributed by atoms with Gasteiger partial charge >= 0.3 is 12.1 Å². The fraction of sp³-hybridized carbons (Fsp3) is 0.800. The predicted molar refractivity (Wildman–Crippen MR) is 37.4 cm³/mol. The van der Waals surface area contributed by atoms with Gasteiger partial charge in [-0.1, -0.05) is 23.2 Å². The first-order valence-corrected chi connectivity index (χ1v) is 3.59. The zero-order valence-corrected chi connectivity index (χ0v) is 7.17. The van der Waals surface area contributed by atoms with Gasteiger partial charge in [0.1, 0.15) is 0 Å². The zero-order chi connectivity index (χ0) is 9.99. The summed E-state index contributed by atoms with van der Waals surface area (Å²) in [6.45, 7) is 0. The lowest BCUT2D eigenvalue weighted by Crippen LogP contribution is -2.34. The van der Waals surface area contributed by atoms with E-state index >= 15 is 0 Å². The summed E-state index contributed by atoms with van der Waals surface area (Å²) in [7, 11) is 0. The van der Waals surface area contributed by atoms with E-state index in [9.17, 15) is 18.0 Å². The molecule has 0 saturated heterocycles. The van der Waals surface area contributed by atoms with Crippen molar-refractivity contribution in [2.45, 2.75) is 23.4 Å². The van der Waals surface area contributed by atoms with Gasteiger partial charge in [0, 0.05) is 6.42 Å². The number of carboxylic acid groups (broad SMARTS) is 1. The Balaban J connectivity index is 4.14. The van der Waals surface area contributed by atoms with E-state index < -0.39 is 29.3 Å². The number of aliphatic carboxylic acids is 1. The Labute approximate surface area is 76.3 Å². The van der Waals surface area contributed by atoms with Crippen molar-refractivity contribution in [3.05, 3.63) is 0 Å². The van der Waals surface area contributed by atoms with Gasteiger partial charge in [-0.3, -0.25) is 4.79 Å². The van der Waals surface area contributed by atoms with Crippen molar-refractivity contribution in [1.29, 1.82) is 0 Å². The average molecular weight is 225 g/mol. The molecular weight excluding hydrogens is 220 g/mol. The van der Waals surface area contributed by atoms with Crippen molar-refractivity contribution in [3.63, 3.8) is 0 Å². The summed E-state index contributed by atoms with van der Waals surface area (Å²) in [5.41, 5.74) is 0. The summed E-state index contributed by atoms with van der Waals surface area (Å²) in [4.78, 5) is 9.89. The maximum absolute atomic E-state index is 11.8. The van der Waals surface area contributed by atoms with E-state index in [1.54, 1.807) is 0 Å². The number of carbonyl (C=O) groups is 1. The highest BCUT2D eigenvalue weighted by Gasteiger charge is 2.52. The Morgan fingerprint density at radius 3 is 2.00 bits per heavy atom. The lowest BCUT2D eigenvalue weighted by molar-refractivity contribution is -0.147. The molecule has 0 atom stereocenters. The second kappa shape index (κ2) is 3.70. The molecule has 2 nitrogen and oxygen atoms in total. The standard InChI is InChI=1S/C5H5Cl2F3O2/c6-4(7,5(8,9)10)2-1-3(11)12/h1-2H2,(H,11,12). The SMILES string of the molecule is O=C(O)CCC(Cl)(Cl)C(F)(F)F. The molecule has 0 spiro atoms. The van der Waals surface area contributed by atoms with Crippen molar-refractivity contribution in [2.24, 2.45) is 0 Å². The third-order valence-corrected chi connectivity index (χ3v) is 1.87. The van der Waals surface area contributed by atoms with E-state index in [1.807, 2.05) is 0 Å². The molecule has 0 aliphatic carbocycles. The molecule has 0 aliphatic heterocycles. The van der Waals surface area contributed by atoms with E-state index in [0.29, 0.717) is 0 Å². The second-order valence-electron chi connectivity index (χ2n) is 2.10. The van der Waals surface area contributed by atoms with Gasteiger partial charge in [0.2, 0.25) is 4.33 Å². The van der Waals surface area contributed by atoms with Crippen LogP contribution in [0, 0.1) is 0 Å². The quantitative estimate of drug-likeness (QED) is 0.749. The smallest absolute Gasteiger partial charge is 0.421 e. The van der Waals surface area contributed by atoms with Crippen LogP contribution in [0.1, 0.15) is 12.8 Å². The molecule has 0 saturated carbocycles. The number of hydrogen-bond acceptors (Lipinski definition) is 1. The van der Waals surface area contributed by atoms with Gasteiger partial charge in [-0.05, 0) is 6.42 Å². The fourth-order valence-corrected chi connectivity index (χ4v) is 0.595. The van der Waals surface area contributed by atoms with Gasteiger partial charge in [0.15, 0.2) is 0 Å². The highest BCUT2D eigenvalue weighted by Crippen LogP contribution is 2.43. The van der Waals surface area contributed by atoms with Crippen LogP contribution >= 0.6 is 23.2 Å². The first-order valence-electron chi connectivity index (χ1n) is 2.83. The first-order chi connectivity index (χ1) is 5.17. The Morgan fingerprint density at radius 1 is 1.33 bits per heavy atom. The summed E-state index contributed by atoms with van der Waals surface area (Å²) in [6, 6.07) is 0. The first kappa shape index (κ1) is 11.8. The Kier molecular flexibility index (Phi) is 3.65. The minimum absolute atomic E-state index is 0.716. The van der Waals surface area contributed by atoms with E-state index in [0.717, 1.165) is 0 Å². The van der Waals surface area contributed by atoms with Crippen LogP contribution in [-0.2, 0) is 4.79 Å². The second-order valence-corrected chi connectivity index (χ2v) is 3.58. The van der Waals surface area contributed by atoms with Crippen molar-refractivity contribution in [3.8, 4) is 0 Å². The van der Waals surface area contributed by atoms with Gasteiger partial charge in [-0.15, -0.1) is 0 Å². The van der Waals surface area contributed by atoms with Gasteiger partial charge in [-0.25, -0.2) is 0 Å². The monoisotopic (exact) mass is 224 g/mol. The number of rotatable bonds is 3. The largest absolute Gasteiger partial charge is 0.481 e. The molecule has 12 heavy (non-hydrogen) atoms. The van der Waals surface area contributed by atoms with Crippen molar-refractivity contribution >= 4 is 29.2 Å². The molecule has 0 radical (unpaired) electrons. The molecule has 0 amide bonds. The van der Waals surface area contributed by atoms with E-state index in [2.05, 4.69) is 0 Å². The lowest BCUT2D eigenvalue weighted by atomic mass is 10.2. The molecule has 0 aromatic heterocycles. The van der Waals surface area contributed by atoms with Crippen molar-refractivity contribution in [2.75, 3.05) is 0 Å². The van der Waals surface area contributed by atoms with Gasteiger partial charge < -0.3 is 5.11 Å². The van der Waals surface area contributed by atoms with Crippen LogP contribution in [0.4, 0.5) is 13.2 Å². The minimum atomic E-state index is -4.80. The maximum atomic E-state index is 11.8. The Hall–Kier alpha value is -0.160. The predicted octanol–water partition coefficient (Wildman–Crippen LogP) is 2.59. The van der Waals surface area contributed by atoms with Crippen molar-refractivity contribution < 1.29 is 23.1 Å². The maximum Gasteiger partial charge on any atom is 0.421 e. The van der Waals surface area contributed by atoms with Crippen LogP contribution in [0.3, 0.4) is 0 Å². The summed E-state index contributed by atoms with van der Waals surface area (Å²) in [5, 5.41) is 8.06. The summed E-state index contributed by atoms with van der Waals surface area (Å²) in [5.74, 6) is -1.37. The van der Waals surface area contributed by atoms with Gasteiger partial charge in [0.05, 0.1) is 0 Å². The topological polar surface area (TPSA) is 37.3 Å². The number of halogens is 5. The Bertz CT molecular complexity index is 178. The average Bonchev–Trinajstić information content (AvgIpc) is 1.81. The number of alkyl halides is 5. The molecule has 0 unspecified atom stereocenters. The Morgan fingerprint density at radius 2 is 1.75 bits per heavy atom. The van der Waals surface area contributed by atoms with E-state index in [4.69, 9.17) is 28.3 Å². The highest BCUT2D eigenvalue weighted by atomic mass is 35.5. The molecule has 0 rings (SSSR count). The molecular formula is C5H5Cl2F3O2. The molecule has 0 bridgehead atoms. The van der Waals surface area contributed by atoms with E-state index in [-0.39, 0.29) is 0 Å². The minimum Gasteiger partial charge on any atom is -0.481 e. The highest BCUT2D eigenvalue weighted by molar-refractivity contribution is 6.49. The third kappa shape index (κ3) is 3.49. The van der Waals surface area contributed by atoms with Gasteiger partial charge in [-0.2, -0.15) is 13.2 Å². The number of carboxylic acids is 1. The molecule has 0 aromatic rings. The van der Waals surface area contributed by atoms with Crippen LogP contribution in [0.2, 0.25) is 0 Å². The fourth-order valence-electron chi connectivity index (χ4n) is 0.406. The molecule has 1 N–H and O–H groups in total. The molecule has 0 fully saturated rings. The van der Waals surface area contributed by atoms with Gasteiger partial charge in [0.25, 0.3) is 0 Å². The molecule has 0 aliphatic rings. The molecule has 0 aromatic carbocycles. The number of hydrogen-bond donors (Lipinski definition) is 1. The molecule has 72 valence electrons. The van der Waals surface area contributed by atoms with Crippen LogP contribution in [0.5, 0.6) is 0 Å². The van der Waals surface area contributed by atoms with Crippen molar-refractivity contribution in [1.82, 2.24) is 0 Å². The normalized spacial score (nSPS) is 13.1. The summed E-state index contributed by atoms with van der Waals surface area (Å²) < 4.78 is 32.5. The van der Waals surface area contributed by atoms with Crippen LogP contribution < -0.4 is 0 Å². The molecule has 0 heterocycles. The summed E-state index contributed by atoms with van der Waals surface area (Å²) >= 11 is 9.67. The molecule has 7 heteroatoms. The van der Waals surface area contributed by atoms with Crippen LogP contribution in [0.15, 0.2) is 0 Å². The van der Waals surface area contributed by atoms with E-state index in [1.165, 1.54) is 0 Å².